The summed E-state index contributed by atoms with van der Waals surface area (Å²) < 4.78 is 99.6. The van der Waals surface area contributed by atoms with Gasteiger partial charge in [0, 0.05) is 11.2 Å². The van der Waals surface area contributed by atoms with Crippen LogP contribution in [-0.4, -0.2) is 22.6 Å². The largest absolute Gasteiger partial charge is 0.573 e. The van der Waals surface area contributed by atoms with Crippen molar-refractivity contribution in [3.05, 3.63) is 71.8 Å². The van der Waals surface area contributed by atoms with Crippen LogP contribution < -0.4 is 19.6 Å². The van der Waals surface area contributed by atoms with Crippen LogP contribution in [0.1, 0.15) is 15.9 Å². The summed E-state index contributed by atoms with van der Waals surface area (Å²) in [6, 6.07) is 5.07. The first-order valence-electron chi connectivity index (χ1n) is 8.65. The maximum absolute atomic E-state index is 14.6. The Balaban J connectivity index is 1.96. The summed E-state index contributed by atoms with van der Waals surface area (Å²) in [5, 5.41) is 14.7. The Kier molecular flexibility index (Phi) is 6.28. The minimum absolute atomic E-state index is 0.0378. The van der Waals surface area contributed by atoms with E-state index in [-0.39, 0.29) is 17.5 Å². The molecule has 0 saturated heterocycles. The van der Waals surface area contributed by atoms with E-state index in [4.69, 9.17) is 9.94 Å². The monoisotopic (exact) mass is 478 g/mol. The molecule has 1 heterocycles. The highest BCUT2D eigenvalue weighted by Gasteiger charge is 2.34. The number of benzene rings is 2. The number of rotatable bonds is 5. The molecule has 0 saturated carbocycles. The highest BCUT2D eigenvalue weighted by Crippen LogP contribution is 2.37. The van der Waals surface area contributed by atoms with Crippen LogP contribution in [-0.2, 0) is 6.18 Å². The number of anilines is 1. The van der Waals surface area contributed by atoms with E-state index < -0.39 is 46.9 Å². The molecular weight excluding hydrogens is 467 g/mol. The van der Waals surface area contributed by atoms with Gasteiger partial charge in [0.05, 0.1) is 11.3 Å². The second-order valence-electron chi connectivity index (χ2n) is 6.24. The van der Waals surface area contributed by atoms with E-state index in [1.54, 1.807) is 0 Å². The van der Waals surface area contributed by atoms with Crippen molar-refractivity contribution in [2.24, 2.45) is 0 Å². The minimum atomic E-state index is -4.99. The number of amides is 1. The van der Waals surface area contributed by atoms with Crippen molar-refractivity contribution in [2.75, 3.05) is 5.32 Å². The minimum Gasteiger partial charge on any atom is -0.456 e. The Labute approximate surface area is 179 Å². The van der Waals surface area contributed by atoms with Gasteiger partial charge in [-0.3, -0.25) is 10.0 Å². The van der Waals surface area contributed by atoms with Crippen LogP contribution in [0.4, 0.5) is 36.4 Å². The first-order valence-corrected chi connectivity index (χ1v) is 8.65. The van der Waals surface area contributed by atoms with Crippen molar-refractivity contribution in [3.8, 4) is 17.2 Å². The number of carbonyl (C=O) groups is 1. The van der Waals surface area contributed by atoms with Gasteiger partial charge < -0.3 is 14.8 Å². The summed E-state index contributed by atoms with van der Waals surface area (Å²) in [5.74, 6) is -4.59. The molecule has 0 atom stereocenters. The van der Waals surface area contributed by atoms with Gasteiger partial charge in [-0.05, 0) is 36.4 Å². The predicted molar refractivity (Wildman–Crippen MR) is 94.2 cm³/mol. The normalized spacial score (nSPS) is 11.7. The molecule has 0 fully saturated rings. The SMILES string of the molecule is O=C(Nc1cc[n+](O)nc1)c1c(F)cc(C(F)(F)F)cc1Oc1ccc(OC(F)(F)F)cc1. The van der Waals surface area contributed by atoms with Gasteiger partial charge in [-0.15, -0.1) is 13.2 Å². The topological polar surface area (TPSA) is 84.6 Å². The zero-order valence-corrected chi connectivity index (χ0v) is 15.9. The number of alkyl halides is 6. The molecule has 2 aromatic carbocycles. The zero-order chi connectivity index (χ0) is 24.4. The molecule has 0 bridgehead atoms. The van der Waals surface area contributed by atoms with Gasteiger partial charge >= 0.3 is 12.5 Å². The number of hydrogen-bond acceptors (Lipinski definition) is 5. The number of nitrogens with zero attached hydrogens (tertiary/aromatic N) is 2. The molecule has 3 aromatic rings. The Hall–Kier alpha value is -4.10. The van der Waals surface area contributed by atoms with Gasteiger partial charge in [0.25, 0.3) is 12.1 Å². The first-order chi connectivity index (χ1) is 15.3. The van der Waals surface area contributed by atoms with E-state index in [2.05, 4.69) is 15.2 Å². The van der Waals surface area contributed by atoms with Crippen LogP contribution in [0.3, 0.4) is 0 Å². The average Bonchev–Trinajstić information content (AvgIpc) is 2.69. The first kappa shape index (κ1) is 23.6. The van der Waals surface area contributed by atoms with Crippen LogP contribution in [0.2, 0.25) is 0 Å². The van der Waals surface area contributed by atoms with Crippen molar-refractivity contribution in [2.45, 2.75) is 12.5 Å². The lowest BCUT2D eigenvalue weighted by Gasteiger charge is -2.16. The number of carbonyl (C=O) groups excluding carboxylic acids is 1. The van der Waals surface area contributed by atoms with Gasteiger partial charge in [0.1, 0.15) is 39.7 Å². The summed E-state index contributed by atoms with van der Waals surface area (Å²) >= 11 is 0. The number of ether oxygens (including phenoxy) is 2. The summed E-state index contributed by atoms with van der Waals surface area (Å²) in [6.07, 6.45) is -7.98. The molecule has 1 amide bonds. The molecular formula is C19H11F7N3O4+. The Morgan fingerprint density at radius 2 is 1.64 bits per heavy atom. The Morgan fingerprint density at radius 1 is 1.00 bits per heavy atom. The van der Waals surface area contributed by atoms with Crippen LogP contribution >= 0.6 is 0 Å². The number of halogens is 7. The Morgan fingerprint density at radius 3 is 2.18 bits per heavy atom. The molecule has 0 unspecified atom stereocenters. The van der Waals surface area contributed by atoms with Crippen LogP contribution in [0, 0.1) is 5.82 Å². The lowest BCUT2D eigenvalue weighted by atomic mass is 10.1. The number of nitrogens with one attached hydrogen (secondary N) is 1. The highest BCUT2D eigenvalue weighted by molar-refractivity contribution is 6.06. The van der Waals surface area contributed by atoms with Gasteiger partial charge in [0.2, 0.25) is 0 Å². The van der Waals surface area contributed by atoms with E-state index >= 15 is 0 Å². The van der Waals surface area contributed by atoms with Crippen LogP contribution in [0.25, 0.3) is 0 Å². The fourth-order valence-electron chi connectivity index (χ4n) is 2.50. The molecule has 174 valence electrons. The molecule has 1 aromatic heterocycles. The number of aromatic nitrogens is 2. The molecule has 3 rings (SSSR count). The molecule has 0 aliphatic heterocycles. The third-order valence-corrected chi connectivity index (χ3v) is 3.85. The van der Waals surface area contributed by atoms with Crippen molar-refractivity contribution >= 4 is 11.6 Å². The summed E-state index contributed by atoms with van der Waals surface area (Å²) in [4.78, 5) is 12.9. The third-order valence-electron chi connectivity index (χ3n) is 3.85. The zero-order valence-electron chi connectivity index (χ0n) is 15.9. The molecule has 0 radical (unpaired) electrons. The Bertz CT molecular complexity index is 1150. The fraction of sp³-hybridized carbons (Fsp3) is 0.105. The van der Waals surface area contributed by atoms with Gasteiger partial charge in [-0.1, -0.05) is 0 Å². The van der Waals surface area contributed by atoms with E-state index in [9.17, 15) is 35.5 Å². The molecule has 0 spiro atoms. The molecule has 0 aliphatic rings. The van der Waals surface area contributed by atoms with Crippen molar-refractivity contribution < 1.29 is 55.1 Å². The lowest BCUT2D eigenvalue weighted by molar-refractivity contribution is -0.948. The smallest absolute Gasteiger partial charge is 0.456 e. The summed E-state index contributed by atoms with van der Waals surface area (Å²) in [5.41, 5.74) is -2.42. The standard InChI is InChI=1S/C19H10F7N3O4/c20-14-7-10(18(21,22)23)8-15(16(14)17(30)28-11-5-6-29(31)27-9-11)32-12-1-3-13(4-2-12)33-19(24,25)26/h1-9,31H/p+1. The van der Waals surface area contributed by atoms with Crippen LogP contribution in [0.15, 0.2) is 54.9 Å². The third kappa shape index (κ3) is 6.21. The molecule has 0 aliphatic carbocycles. The second-order valence-corrected chi connectivity index (χ2v) is 6.24. The van der Waals surface area contributed by atoms with Gasteiger partial charge in [-0.2, -0.15) is 13.2 Å². The van der Waals surface area contributed by atoms with E-state index in [0.29, 0.717) is 10.9 Å². The fourth-order valence-corrected chi connectivity index (χ4v) is 2.50. The van der Waals surface area contributed by atoms with Crippen LogP contribution in [0.5, 0.6) is 17.2 Å². The average molecular weight is 478 g/mol. The maximum atomic E-state index is 14.6. The highest BCUT2D eigenvalue weighted by atomic mass is 19.4. The lowest BCUT2D eigenvalue weighted by Crippen LogP contribution is -2.33. The van der Waals surface area contributed by atoms with Crippen molar-refractivity contribution in [1.82, 2.24) is 5.10 Å². The van der Waals surface area contributed by atoms with Gasteiger partial charge in [0.15, 0.2) is 0 Å². The predicted octanol–water partition coefficient (Wildman–Crippen LogP) is 4.71. The van der Waals surface area contributed by atoms with E-state index in [1.807, 2.05) is 0 Å². The van der Waals surface area contributed by atoms with Crippen molar-refractivity contribution in [3.63, 3.8) is 0 Å². The van der Waals surface area contributed by atoms with Gasteiger partial charge in [-0.25, -0.2) is 4.39 Å². The molecule has 14 heteroatoms. The molecule has 33 heavy (non-hydrogen) atoms. The number of hydrogen-bond donors (Lipinski definition) is 2. The van der Waals surface area contributed by atoms with Crippen molar-refractivity contribution in [1.29, 1.82) is 0 Å². The van der Waals surface area contributed by atoms with E-state index in [0.717, 1.165) is 42.7 Å². The maximum Gasteiger partial charge on any atom is 0.573 e. The second kappa shape index (κ2) is 8.80. The molecule has 7 nitrogen and oxygen atoms in total. The van der Waals surface area contributed by atoms with E-state index in [1.165, 1.54) is 0 Å². The quantitative estimate of drug-likeness (QED) is 0.315. The molecule has 2 N–H and O–H groups in total. The summed E-state index contributed by atoms with van der Waals surface area (Å²) in [6.45, 7) is 0. The summed E-state index contributed by atoms with van der Waals surface area (Å²) in [7, 11) is 0.